The van der Waals surface area contributed by atoms with Crippen LogP contribution in [0.4, 0.5) is 0 Å². The van der Waals surface area contributed by atoms with E-state index in [9.17, 15) is 9.59 Å². The fourth-order valence-electron chi connectivity index (χ4n) is 3.87. The summed E-state index contributed by atoms with van der Waals surface area (Å²) >= 11 is 1.59. The lowest BCUT2D eigenvalue weighted by Crippen LogP contribution is -2.47. The number of amides is 2. The number of carbonyl (C=O) groups excluding carboxylic acids is 2. The maximum Gasteiger partial charge on any atom is 0.230 e. The van der Waals surface area contributed by atoms with Gasteiger partial charge in [-0.25, -0.2) is 0 Å². The predicted octanol–water partition coefficient (Wildman–Crippen LogP) is 2.06. The lowest BCUT2D eigenvalue weighted by Gasteiger charge is -2.33. The molecule has 0 radical (unpaired) electrons. The summed E-state index contributed by atoms with van der Waals surface area (Å²) in [4.78, 5) is 36.4. The van der Waals surface area contributed by atoms with E-state index in [0.717, 1.165) is 43.9 Å². The fourth-order valence-corrected chi connectivity index (χ4v) is 4.52. The maximum absolute atomic E-state index is 12.5. The first-order chi connectivity index (χ1) is 14.1. The SMILES string of the molecule is CN1CCN(C(=O)CCC(=O)N2CCC(c3nc(-c4cccs4)no3)CC2)CC1. The summed E-state index contributed by atoms with van der Waals surface area (Å²) < 4.78 is 5.47. The van der Waals surface area contributed by atoms with Crippen LogP contribution in [0.25, 0.3) is 10.7 Å². The van der Waals surface area contributed by atoms with Gasteiger partial charge in [0.25, 0.3) is 0 Å². The lowest BCUT2D eigenvalue weighted by molar-refractivity contribution is -0.138. The molecule has 0 aromatic carbocycles. The summed E-state index contributed by atoms with van der Waals surface area (Å²) in [6.45, 7) is 4.65. The molecule has 0 N–H and O–H groups in total. The van der Waals surface area contributed by atoms with Crippen LogP contribution < -0.4 is 0 Å². The molecule has 2 aliphatic rings. The second-order valence-corrected chi connectivity index (χ2v) is 8.72. The Morgan fingerprint density at radius 1 is 1.07 bits per heavy atom. The Kier molecular flexibility index (Phi) is 6.25. The van der Waals surface area contributed by atoms with Gasteiger partial charge in [-0.2, -0.15) is 4.98 Å². The number of hydrogen-bond acceptors (Lipinski definition) is 7. The molecular weight excluding hydrogens is 390 g/mol. The van der Waals surface area contributed by atoms with Gasteiger partial charge in [-0.3, -0.25) is 9.59 Å². The molecule has 2 aromatic heterocycles. The first kappa shape index (κ1) is 20.0. The average Bonchev–Trinajstić information content (AvgIpc) is 3.44. The molecule has 2 aliphatic heterocycles. The van der Waals surface area contributed by atoms with E-state index in [4.69, 9.17) is 4.52 Å². The molecule has 4 rings (SSSR count). The molecule has 0 aliphatic carbocycles. The van der Waals surface area contributed by atoms with E-state index in [1.54, 1.807) is 11.3 Å². The van der Waals surface area contributed by atoms with Gasteiger partial charge in [-0.05, 0) is 31.3 Å². The van der Waals surface area contributed by atoms with E-state index in [1.165, 1.54) is 0 Å². The highest BCUT2D eigenvalue weighted by atomic mass is 32.1. The number of piperazine rings is 1. The summed E-state index contributed by atoms with van der Waals surface area (Å²) in [5.74, 6) is 1.64. The van der Waals surface area contributed by atoms with Crippen molar-refractivity contribution in [1.29, 1.82) is 0 Å². The Morgan fingerprint density at radius 3 is 2.34 bits per heavy atom. The summed E-state index contributed by atoms with van der Waals surface area (Å²) in [6, 6.07) is 3.94. The van der Waals surface area contributed by atoms with Crippen LogP contribution in [0.5, 0.6) is 0 Å². The van der Waals surface area contributed by atoms with E-state index in [1.807, 2.05) is 27.3 Å². The van der Waals surface area contributed by atoms with Gasteiger partial charge in [0.1, 0.15) is 0 Å². The number of nitrogens with zero attached hydrogens (tertiary/aromatic N) is 5. The number of carbonyl (C=O) groups is 2. The molecule has 0 bridgehead atoms. The number of thiophene rings is 1. The summed E-state index contributed by atoms with van der Waals surface area (Å²) in [5.41, 5.74) is 0. The molecule has 0 atom stereocenters. The number of rotatable bonds is 5. The molecule has 0 unspecified atom stereocenters. The third kappa shape index (κ3) is 4.84. The van der Waals surface area contributed by atoms with Gasteiger partial charge in [-0.1, -0.05) is 11.2 Å². The maximum atomic E-state index is 12.5. The third-order valence-corrected chi connectivity index (χ3v) is 6.65. The van der Waals surface area contributed by atoms with E-state index in [2.05, 4.69) is 22.1 Å². The highest BCUT2D eigenvalue weighted by molar-refractivity contribution is 7.13. The van der Waals surface area contributed by atoms with Crippen LogP contribution in [0, 0.1) is 0 Å². The van der Waals surface area contributed by atoms with E-state index < -0.39 is 0 Å². The molecule has 2 aromatic rings. The number of hydrogen-bond donors (Lipinski definition) is 0. The molecule has 2 amide bonds. The van der Waals surface area contributed by atoms with Gasteiger partial charge < -0.3 is 19.2 Å². The second kappa shape index (κ2) is 9.04. The van der Waals surface area contributed by atoms with Crippen molar-refractivity contribution in [2.24, 2.45) is 0 Å². The van der Waals surface area contributed by atoms with Crippen molar-refractivity contribution in [2.45, 2.75) is 31.6 Å². The highest BCUT2D eigenvalue weighted by Crippen LogP contribution is 2.30. The highest BCUT2D eigenvalue weighted by Gasteiger charge is 2.28. The fraction of sp³-hybridized carbons (Fsp3) is 0.600. The predicted molar refractivity (Wildman–Crippen MR) is 109 cm³/mol. The topological polar surface area (TPSA) is 82.8 Å². The molecule has 2 fully saturated rings. The summed E-state index contributed by atoms with van der Waals surface area (Å²) in [5, 5.41) is 6.07. The Hall–Kier alpha value is -2.26. The summed E-state index contributed by atoms with van der Waals surface area (Å²) in [7, 11) is 2.06. The van der Waals surface area contributed by atoms with Crippen LogP contribution in [-0.2, 0) is 9.59 Å². The average molecular weight is 418 g/mol. The molecule has 4 heterocycles. The Bertz CT molecular complexity index is 821. The van der Waals surface area contributed by atoms with Crippen molar-refractivity contribution in [2.75, 3.05) is 46.3 Å². The minimum absolute atomic E-state index is 0.0655. The Morgan fingerprint density at radius 2 is 1.72 bits per heavy atom. The van der Waals surface area contributed by atoms with E-state index in [0.29, 0.717) is 37.6 Å². The van der Waals surface area contributed by atoms with Crippen molar-refractivity contribution >= 4 is 23.2 Å². The van der Waals surface area contributed by atoms with Crippen molar-refractivity contribution in [3.05, 3.63) is 23.4 Å². The Labute approximate surface area is 174 Å². The van der Waals surface area contributed by atoms with Crippen molar-refractivity contribution in [3.63, 3.8) is 0 Å². The molecule has 0 spiro atoms. The Balaban J connectivity index is 1.22. The van der Waals surface area contributed by atoms with Gasteiger partial charge in [0.15, 0.2) is 0 Å². The standard InChI is InChI=1S/C20H27N5O3S/c1-23-10-12-25(13-11-23)18(27)5-4-17(26)24-8-6-15(7-9-24)20-21-19(22-28-20)16-3-2-14-29-16/h2-3,14-15H,4-13H2,1H3. The molecule has 156 valence electrons. The molecule has 9 heteroatoms. The smallest absolute Gasteiger partial charge is 0.230 e. The molecule has 2 saturated heterocycles. The molecule has 0 saturated carbocycles. The van der Waals surface area contributed by atoms with Gasteiger partial charge in [0, 0.05) is 58.0 Å². The van der Waals surface area contributed by atoms with Crippen molar-refractivity contribution in [3.8, 4) is 10.7 Å². The zero-order valence-corrected chi connectivity index (χ0v) is 17.6. The van der Waals surface area contributed by atoms with Gasteiger partial charge >= 0.3 is 0 Å². The quantitative estimate of drug-likeness (QED) is 0.741. The van der Waals surface area contributed by atoms with Crippen LogP contribution in [0.2, 0.25) is 0 Å². The van der Waals surface area contributed by atoms with Crippen LogP contribution in [0.1, 0.15) is 37.5 Å². The normalized spacial score (nSPS) is 18.9. The minimum Gasteiger partial charge on any atom is -0.343 e. The van der Waals surface area contributed by atoms with E-state index in [-0.39, 0.29) is 17.7 Å². The number of aromatic nitrogens is 2. The largest absolute Gasteiger partial charge is 0.343 e. The third-order valence-electron chi connectivity index (χ3n) is 5.79. The number of likely N-dealkylation sites (N-methyl/N-ethyl adjacent to an activating group) is 1. The first-order valence-corrected chi connectivity index (χ1v) is 11.1. The van der Waals surface area contributed by atoms with Crippen LogP contribution in [-0.4, -0.2) is 83.0 Å². The monoisotopic (exact) mass is 417 g/mol. The number of likely N-dealkylation sites (tertiary alicyclic amines) is 1. The zero-order valence-electron chi connectivity index (χ0n) is 16.7. The van der Waals surface area contributed by atoms with Gasteiger partial charge in [0.2, 0.25) is 23.5 Å². The molecular formula is C20H27N5O3S. The van der Waals surface area contributed by atoms with Crippen LogP contribution in [0.3, 0.4) is 0 Å². The molecule has 29 heavy (non-hydrogen) atoms. The summed E-state index contributed by atoms with van der Waals surface area (Å²) in [6.07, 6.45) is 2.21. The van der Waals surface area contributed by atoms with Crippen LogP contribution in [0.15, 0.2) is 22.0 Å². The second-order valence-electron chi connectivity index (χ2n) is 7.77. The van der Waals surface area contributed by atoms with Crippen molar-refractivity contribution in [1.82, 2.24) is 24.8 Å². The van der Waals surface area contributed by atoms with E-state index >= 15 is 0 Å². The van der Waals surface area contributed by atoms with Crippen LogP contribution >= 0.6 is 11.3 Å². The zero-order chi connectivity index (χ0) is 20.2. The van der Waals surface area contributed by atoms with Crippen molar-refractivity contribution < 1.29 is 14.1 Å². The van der Waals surface area contributed by atoms with Gasteiger partial charge in [0.05, 0.1) is 4.88 Å². The molecule has 8 nitrogen and oxygen atoms in total. The van der Waals surface area contributed by atoms with Gasteiger partial charge in [-0.15, -0.1) is 11.3 Å². The lowest BCUT2D eigenvalue weighted by atomic mass is 9.96. The number of piperidine rings is 1. The minimum atomic E-state index is 0.0655. The first-order valence-electron chi connectivity index (χ1n) is 10.2.